The molecule has 1 atom stereocenters. The van der Waals surface area contributed by atoms with E-state index in [0.717, 1.165) is 33.4 Å². The lowest BCUT2D eigenvalue weighted by Crippen LogP contribution is -2.10. The van der Waals surface area contributed by atoms with Crippen molar-refractivity contribution < 1.29 is 9.53 Å². The van der Waals surface area contributed by atoms with E-state index >= 15 is 0 Å². The molecule has 0 amide bonds. The Balaban J connectivity index is 2.20. The van der Waals surface area contributed by atoms with Gasteiger partial charge in [-0.3, -0.25) is 4.79 Å². The molecule has 0 aromatic heterocycles. The average Bonchev–Trinajstić information content (AvgIpc) is 2.66. The molecule has 2 nitrogen and oxygen atoms in total. The fourth-order valence-corrected chi connectivity index (χ4v) is 3.74. The van der Waals surface area contributed by atoms with Crippen LogP contribution in [-0.4, -0.2) is 5.97 Å². The van der Waals surface area contributed by atoms with Crippen molar-refractivity contribution >= 4 is 11.5 Å². The molecule has 0 aliphatic heterocycles. The normalized spacial score (nSPS) is 11.6. The lowest BCUT2D eigenvalue weighted by atomic mass is 9.91. The largest absolute Gasteiger partial charge is 0.453 e. The minimum atomic E-state index is -0.450. The molecule has 0 heterocycles. The van der Waals surface area contributed by atoms with Gasteiger partial charge in [-0.15, -0.1) is 0 Å². The van der Waals surface area contributed by atoms with Gasteiger partial charge < -0.3 is 4.74 Å². The van der Waals surface area contributed by atoms with Crippen LogP contribution in [0.25, 0.3) is 5.57 Å². The van der Waals surface area contributed by atoms with Gasteiger partial charge in [0.25, 0.3) is 0 Å². The van der Waals surface area contributed by atoms with Gasteiger partial charge in [-0.05, 0) is 54.7 Å². The van der Waals surface area contributed by atoms with Crippen LogP contribution in [0, 0.1) is 20.8 Å². The van der Waals surface area contributed by atoms with E-state index in [9.17, 15) is 4.79 Å². The van der Waals surface area contributed by atoms with Crippen LogP contribution in [0.3, 0.4) is 0 Å². The first-order valence-corrected chi connectivity index (χ1v) is 9.53. The summed E-state index contributed by atoms with van der Waals surface area (Å²) in [5.74, 6) is -0.291. The zero-order valence-corrected chi connectivity index (χ0v) is 16.9. The van der Waals surface area contributed by atoms with Crippen LogP contribution in [0.15, 0.2) is 78.9 Å². The van der Waals surface area contributed by atoms with Gasteiger partial charge in [0.05, 0.1) is 0 Å². The molecule has 28 heavy (non-hydrogen) atoms. The van der Waals surface area contributed by atoms with Gasteiger partial charge in [0.1, 0.15) is 6.10 Å². The lowest BCUT2D eigenvalue weighted by Gasteiger charge is -2.21. The number of rotatable bonds is 5. The molecular weight excluding hydrogens is 344 g/mol. The number of carbonyl (C=O) groups is 1. The van der Waals surface area contributed by atoms with Crippen LogP contribution < -0.4 is 0 Å². The van der Waals surface area contributed by atoms with Gasteiger partial charge in [-0.25, -0.2) is 0 Å². The fourth-order valence-electron chi connectivity index (χ4n) is 3.74. The predicted octanol–water partition coefficient (Wildman–Crippen LogP) is 6.35. The molecule has 3 aromatic carbocycles. The third-order valence-corrected chi connectivity index (χ3v) is 4.80. The Labute approximate surface area is 167 Å². The Bertz CT molecular complexity index is 921. The standard InChI is InChI=1S/C26H26O2/c1-18-15-19(2)26(20(3)16-18)25(28-21(4)27)17-24(22-11-7-5-8-12-22)23-13-9-6-10-14-23/h5-17,25H,1-4H3. The molecule has 0 radical (unpaired) electrons. The number of benzene rings is 3. The monoisotopic (exact) mass is 370 g/mol. The number of esters is 1. The maximum absolute atomic E-state index is 11.9. The highest BCUT2D eigenvalue weighted by molar-refractivity contribution is 5.80. The summed E-state index contributed by atoms with van der Waals surface area (Å²) in [5, 5.41) is 0. The molecule has 0 aliphatic rings. The smallest absolute Gasteiger partial charge is 0.303 e. The second kappa shape index (κ2) is 8.71. The van der Waals surface area contributed by atoms with Crippen molar-refractivity contribution in [3.05, 3.63) is 112 Å². The Morgan fingerprint density at radius 3 is 1.71 bits per heavy atom. The van der Waals surface area contributed by atoms with Crippen molar-refractivity contribution in [2.75, 3.05) is 0 Å². The van der Waals surface area contributed by atoms with Crippen molar-refractivity contribution in [2.45, 2.75) is 33.8 Å². The Morgan fingerprint density at radius 1 is 0.821 bits per heavy atom. The minimum Gasteiger partial charge on any atom is -0.453 e. The molecule has 0 aliphatic carbocycles. The van der Waals surface area contributed by atoms with Gasteiger partial charge >= 0.3 is 5.97 Å². The number of aryl methyl sites for hydroxylation is 3. The van der Waals surface area contributed by atoms with Crippen LogP contribution in [0.1, 0.15) is 46.4 Å². The molecule has 2 heteroatoms. The maximum Gasteiger partial charge on any atom is 0.303 e. The van der Waals surface area contributed by atoms with Crippen molar-refractivity contribution in [2.24, 2.45) is 0 Å². The first-order valence-electron chi connectivity index (χ1n) is 9.53. The summed E-state index contributed by atoms with van der Waals surface area (Å²) in [6.45, 7) is 7.69. The van der Waals surface area contributed by atoms with E-state index in [1.165, 1.54) is 12.5 Å². The number of carbonyl (C=O) groups excluding carboxylic acids is 1. The van der Waals surface area contributed by atoms with Gasteiger partial charge in [0.2, 0.25) is 0 Å². The van der Waals surface area contributed by atoms with E-state index in [2.05, 4.69) is 63.2 Å². The van der Waals surface area contributed by atoms with Crippen LogP contribution in [0.2, 0.25) is 0 Å². The zero-order chi connectivity index (χ0) is 20.1. The Kier molecular flexibility index (Phi) is 6.10. The average molecular weight is 370 g/mol. The van der Waals surface area contributed by atoms with Gasteiger partial charge in [-0.2, -0.15) is 0 Å². The topological polar surface area (TPSA) is 26.3 Å². The van der Waals surface area contributed by atoms with E-state index in [1.807, 2.05) is 36.4 Å². The number of hydrogen-bond donors (Lipinski definition) is 0. The van der Waals surface area contributed by atoms with E-state index in [4.69, 9.17) is 4.74 Å². The quantitative estimate of drug-likeness (QED) is 0.489. The van der Waals surface area contributed by atoms with Crippen LogP contribution in [0.4, 0.5) is 0 Å². The highest BCUT2D eigenvalue weighted by atomic mass is 16.5. The molecule has 1 unspecified atom stereocenters. The molecule has 0 saturated carbocycles. The van der Waals surface area contributed by atoms with Crippen LogP contribution in [0.5, 0.6) is 0 Å². The predicted molar refractivity (Wildman–Crippen MR) is 115 cm³/mol. The Morgan fingerprint density at radius 2 is 1.29 bits per heavy atom. The fraction of sp³-hybridized carbons (Fsp3) is 0.192. The summed E-state index contributed by atoms with van der Waals surface area (Å²) in [4.78, 5) is 11.9. The molecule has 0 spiro atoms. The number of hydrogen-bond acceptors (Lipinski definition) is 2. The van der Waals surface area contributed by atoms with E-state index in [1.54, 1.807) is 0 Å². The third-order valence-electron chi connectivity index (χ3n) is 4.80. The highest BCUT2D eigenvalue weighted by Gasteiger charge is 2.19. The SMILES string of the molecule is CC(=O)OC(C=C(c1ccccc1)c1ccccc1)c1c(C)cc(C)cc1C. The summed E-state index contributed by atoms with van der Waals surface area (Å²) in [6.07, 6.45) is 1.62. The first-order chi connectivity index (χ1) is 13.5. The summed E-state index contributed by atoms with van der Waals surface area (Å²) in [6, 6.07) is 24.7. The van der Waals surface area contributed by atoms with Crippen LogP contribution in [-0.2, 0) is 9.53 Å². The van der Waals surface area contributed by atoms with Crippen molar-refractivity contribution in [3.63, 3.8) is 0 Å². The molecule has 3 rings (SSSR count). The summed E-state index contributed by atoms with van der Waals surface area (Å²) in [5.41, 5.74) is 7.73. The molecule has 3 aromatic rings. The minimum absolute atomic E-state index is 0.291. The van der Waals surface area contributed by atoms with E-state index < -0.39 is 6.10 Å². The van der Waals surface area contributed by atoms with Crippen molar-refractivity contribution in [3.8, 4) is 0 Å². The molecule has 0 fully saturated rings. The second-order valence-corrected chi connectivity index (χ2v) is 7.15. The molecule has 0 saturated heterocycles. The summed E-state index contributed by atoms with van der Waals surface area (Å²) >= 11 is 0. The maximum atomic E-state index is 11.9. The molecule has 0 N–H and O–H groups in total. The van der Waals surface area contributed by atoms with Crippen molar-refractivity contribution in [1.29, 1.82) is 0 Å². The summed E-state index contributed by atoms with van der Waals surface area (Å²) < 4.78 is 5.80. The summed E-state index contributed by atoms with van der Waals surface area (Å²) in [7, 11) is 0. The van der Waals surface area contributed by atoms with Crippen molar-refractivity contribution in [1.82, 2.24) is 0 Å². The van der Waals surface area contributed by atoms with Gasteiger partial charge in [-0.1, -0.05) is 78.4 Å². The van der Waals surface area contributed by atoms with E-state index in [0.29, 0.717) is 0 Å². The lowest BCUT2D eigenvalue weighted by molar-refractivity contribution is -0.144. The third kappa shape index (κ3) is 4.58. The Hall–Kier alpha value is -3.13. The molecule has 142 valence electrons. The van der Waals surface area contributed by atoms with Gasteiger partial charge in [0.15, 0.2) is 0 Å². The molecule has 0 bridgehead atoms. The highest BCUT2D eigenvalue weighted by Crippen LogP contribution is 2.33. The van der Waals surface area contributed by atoms with E-state index in [-0.39, 0.29) is 5.97 Å². The molecular formula is C26H26O2. The van der Waals surface area contributed by atoms with Crippen LogP contribution >= 0.6 is 0 Å². The number of ether oxygens (including phenoxy) is 1. The van der Waals surface area contributed by atoms with Gasteiger partial charge in [0, 0.05) is 12.5 Å². The second-order valence-electron chi connectivity index (χ2n) is 7.15. The zero-order valence-electron chi connectivity index (χ0n) is 16.9. The first kappa shape index (κ1) is 19.6.